The number of pyridine rings is 1. The van der Waals surface area contributed by atoms with E-state index in [1.54, 1.807) is 22.6 Å². The summed E-state index contributed by atoms with van der Waals surface area (Å²) in [6, 6.07) is 1.11. The minimum atomic E-state index is -4.84. The van der Waals surface area contributed by atoms with Gasteiger partial charge < -0.3 is 15.2 Å². The van der Waals surface area contributed by atoms with Gasteiger partial charge in [0.2, 0.25) is 0 Å². The molecular formula is C10H10F3IN2O3. The molecule has 0 fully saturated rings. The van der Waals surface area contributed by atoms with Crippen LogP contribution in [0, 0.1) is 3.70 Å². The van der Waals surface area contributed by atoms with Gasteiger partial charge in [0.15, 0.2) is 0 Å². The molecular weight excluding hydrogens is 380 g/mol. The largest absolute Gasteiger partial charge is 0.573 e. The van der Waals surface area contributed by atoms with Gasteiger partial charge in [0.25, 0.3) is 0 Å². The molecule has 0 aliphatic rings. The van der Waals surface area contributed by atoms with Crippen molar-refractivity contribution in [3.05, 3.63) is 21.0 Å². The van der Waals surface area contributed by atoms with Crippen LogP contribution in [-0.2, 0) is 22.5 Å². The number of hydrogen-bond donors (Lipinski definition) is 1. The lowest BCUT2D eigenvalue weighted by atomic mass is 10.1. The molecule has 0 aliphatic heterocycles. The van der Waals surface area contributed by atoms with E-state index in [1.807, 2.05) is 0 Å². The number of ether oxygens (including phenoxy) is 2. The van der Waals surface area contributed by atoms with Gasteiger partial charge in [0.05, 0.1) is 19.2 Å². The Bertz CT molecular complexity index is 480. The first kappa shape index (κ1) is 16.0. The fourth-order valence-electron chi connectivity index (χ4n) is 1.36. The summed E-state index contributed by atoms with van der Waals surface area (Å²) in [4.78, 5) is 15.2. The van der Waals surface area contributed by atoms with Gasteiger partial charge in [0, 0.05) is 18.2 Å². The predicted molar refractivity (Wildman–Crippen MR) is 67.2 cm³/mol. The molecule has 0 saturated heterocycles. The van der Waals surface area contributed by atoms with Crippen LogP contribution in [0.25, 0.3) is 0 Å². The molecule has 1 rings (SSSR count). The second-order valence-electron chi connectivity index (χ2n) is 3.37. The van der Waals surface area contributed by atoms with Crippen LogP contribution in [0.4, 0.5) is 13.2 Å². The summed E-state index contributed by atoms with van der Waals surface area (Å²) in [6.45, 7) is -0.234. The quantitative estimate of drug-likeness (QED) is 0.482. The highest BCUT2D eigenvalue weighted by Crippen LogP contribution is 2.29. The number of hydrogen-bond acceptors (Lipinski definition) is 5. The molecule has 0 atom stereocenters. The van der Waals surface area contributed by atoms with Crippen LogP contribution in [0.3, 0.4) is 0 Å². The van der Waals surface area contributed by atoms with Crippen LogP contribution in [0.15, 0.2) is 6.07 Å². The Morgan fingerprint density at radius 2 is 2.16 bits per heavy atom. The number of nitrogens with zero attached hydrogens (tertiary/aromatic N) is 1. The van der Waals surface area contributed by atoms with Gasteiger partial charge in [-0.3, -0.25) is 4.79 Å². The van der Waals surface area contributed by atoms with Crippen molar-refractivity contribution in [2.24, 2.45) is 5.73 Å². The first-order valence-corrected chi connectivity index (χ1v) is 6.05. The molecule has 0 spiro atoms. The van der Waals surface area contributed by atoms with Gasteiger partial charge in [-0.2, -0.15) is 0 Å². The fraction of sp³-hybridized carbons (Fsp3) is 0.400. The summed E-state index contributed by atoms with van der Waals surface area (Å²) >= 11 is 1.72. The number of methoxy groups -OCH3 is 1. The van der Waals surface area contributed by atoms with Crippen LogP contribution < -0.4 is 10.5 Å². The molecule has 0 aliphatic carbocycles. The third-order valence-corrected chi connectivity index (χ3v) is 2.66. The van der Waals surface area contributed by atoms with Crippen molar-refractivity contribution in [1.29, 1.82) is 0 Å². The normalized spacial score (nSPS) is 11.3. The molecule has 0 saturated carbocycles. The third-order valence-electron chi connectivity index (χ3n) is 2.11. The molecule has 1 heterocycles. The Kier molecular flexibility index (Phi) is 5.35. The molecule has 0 aromatic carbocycles. The summed E-state index contributed by atoms with van der Waals surface area (Å²) < 4.78 is 45.4. The zero-order valence-electron chi connectivity index (χ0n) is 9.75. The summed E-state index contributed by atoms with van der Waals surface area (Å²) in [5.41, 5.74) is 5.54. The molecule has 9 heteroatoms. The summed E-state index contributed by atoms with van der Waals surface area (Å²) in [6.07, 6.45) is -5.11. The number of aromatic nitrogens is 1. The average molecular weight is 390 g/mol. The molecule has 1 aromatic heterocycles. The Hall–Kier alpha value is -1.10. The van der Waals surface area contributed by atoms with Crippen LogP contribution >= 0.6 is 22.6 Å². The topological polar surface area (TPSA) is 74.4 Å². The van der Waals surface area contributed by atoms with Crippen LogP contribution in [0.2, 0.25) is 0 Å². The van der Waals surface area contributed by atoms with E-state index in [4.69, 9.17) is 5.73 Å². The Morgan fingerprint density at radius 3 is 2.63 bits per heavy atom. The second kappa shape index (κ2) is 6.37. The van der Waals surface area contributed by atoms with Gasteiger partial charge in [-0.1, -0.05) is 0 Å². The van der Waals surface area contributed by atoms with E-state index in [1.165, 1.54) is 7.11 Å². The van der Waals surface area contributed by atoms with Crippen molar-refractivity contribution in [2.45, 2.75) is 19.3 Å². The molecule has 1 aromatic rings. The Labute approximate surface area is 120 Å². The maximum absolute atomic E-state index is 12.3. The van der Waals surface area contributed by atoms with Crippen LogP contribution in [-0.4, -0.2) is 24.4 Å². The highest BCUT2D eigenvalue weighted by molar-refractivity contribution is 14.1. The number of carbonyl (C=O) groups is 1. The van der Waals surface area contributed by atoms with Gasteiger partial charge in [-0.05, 0) is 22.6 Å². The number of esters is 1. The summed E-state index contributed by atoms with van der Waals surface area (Å²) in [5, 5.41) is 0. The lowest BCUT2D eigenvalue weighted by Crippen LogP contribution is -2.21. The number of nitrogens with two attached hydrogens (primary N) is 1. The maximum atomic E-state index is 12.3. The molecule has 0 bridgehead atoms. The van der Waals surface area contributed by atoms with Crippen molar-refractivity contribution in [3.8, 4) is 5.75 Å². The molecule has 2 N–H and O–H groups in total. The third kappa shape index (κ3) is 4.82. The SMILES string of the molecule is COC(=O)Cc1nc(I)cc(OC(F)(F)F)c1CN. The highest BCUT2D eigenvalue weighted by Gasteiger charge is 2.33. The molecule has 106 valence electrons. The van der Waals surface area contributed by atoms with Gasteiger partial charge in [-0.25, -0.2) is 4.98 Å². The van der Waals surface area contributed by atoms with Crippen molar-refractivity contribution in [1.82, 2.24) is 4.98 Å². The van der Waals surface area contributed by atoms with E-state index >= 15 is 0 Å². The number of carbonyl (C=O) groups excluding carboxylic acids is 1. The van der Waals surface area contributed by atoms with Crippen molar-refractivity contribution >= 4 is 28.6 Å². The molecule has 19 heavy (non-hydrogen) atoms. The standard InChI is InChI=1S/C10H10F3IN2O3/c1-18-9(17)2-6-5(4-15)7(3-8(14)16-6)19-10(11,12)13/h3H,2,4,15H2,1H3. The van der Waals surface area contributed by atoms with E-state index in [-0.39, 0.29) is 27.9 Å². The zero-order chi connectivity index (χ0) is 14.6. The fourth-order valence-corrected chi connectivity index (χ4v) is 1.93. The maximum Gasteiger partial charge on any atom is 0.573 e. The lowest BCUT2D eigenvalue weighted by Gasteiger charge is -2.15. The smallest absolute Gasteiger partial charge is 0.469 e. The second-order valence-corrected chi connectivity index (χ2v) is 4.48. The van der Waals surface area contributed by atoms with Crippen LogP contribution in [0.5, 0.6) is 5.75 Å². The molecule has 5 nitrogen and oxygen atoms in total. The first-order chi connectivity index (χ1) is 8.76. The van der Waals surface area contributed by atoms with Crippen molar-refractivity contribution in [3.63, 3.8) is 0 Å². The van der Waals surface area contributed by atoms with E-state index in [2.05, 4.69) is 14.5 Å². The minimum Gasteiger partial charge on any atom is -0.469 e. The molecule has 0 amide bonds. The van der Waals surface area contributed by atoms with Gasteiger partial charge in [0.1, 0.15) is 9.45 Å². The minimum absolute atomic E-state index is 0.0307. The van der Waals surface area contributed by atoms with E-state index < -0.39 is 18.1 Å². The molecule has 0 unspecified atom stereocenters. The van der Waals surface area contributed by atoms with E-state index in [9.17, 15) is 18.0 Å². The monoisotopic (exact) mass is 390 g/mol. The number of alkyl halides is 3. The lowest BCUT2D eigenvalue weighted by molar-refractivity contribution is -0.275. The van der Waals surface area contributed by atoms with E-state index in [0.29, 0.717) is 0 Å². The summed E-state index contributed by atoms with van der Waals surface area (Å²) in [5.74, 6) is -1.07. The number of halogens is 4. The van der Waals surface area contributed by atoms with Crippen molar-refractivity contribution < 1.29 is 27.4 Å². The average Bonchev–Trinajstić information content (AvgIpc) is 2.26. The Balaban J connectivity index is 3.20. The van der Waals surface area contributed by atoms with Gasteiger partial charge in [-0.15, -0.1) is 13.2 Å². The van der Waals surface area contributed by atoms with Crippen molar-refractivity contribution in [2.75, 3.05) is 7.11 Å². The zero-order valence-corrected chi connectivity index (χ0v) is 11.9. The predicted octanol–water partition coefficient (Wildman–Crippen LogP) is 1.76. The number of rotatable bonds is 4. The Morgan fingerprint density at radius 1 is 1.53 bits per heavy atom. The molecule has 0 radical (unpaired) electrons. The summed E-state index contributed by atoms with van der Waals surface area (Å²) in [7, 11) is 1.17. The highest BCUT2D eigenvalue weighted by atomic mass is 127. The van der Waals surface area contributed by atoms with Crippen LogP contribution in [0.1, 0.15) is 11.3 Å². The van der Waals surface area contributed by atoms with Gasteiger partial charge >= 0.3 is 12.3 Å². The first-order valence-electron chi connectivity index (χ1n) is 4.97. The van der Waals surface area contributed by atoms with E-state index in [0.717, 1.165) is 6.07 Å².